The third kappa shape index (κ3) is 5.89. The maximum atomic E-state index is 11.8. The summed E-state index contributed by atoms with van der Waals surface area (Å²) in [7, 11) is 1.61. The average Bonchev–Trinajstić information content (AvgIpc) is 2.64. The van der Waals surface area contributed by atoms with E-state index in [9.17, 15) is 4.79 Å². The normalized spacial score (nSPS) is 10.1. The van der Waals surface area contributed by atoms with Gasteiger partial charge in [-0.05, 0) is 67.7 Å². The second-order valence-electron chi connectivity index (χ2n) is 5.34. The fourth-order valence-electron chi connectivity index (χ4n) is 2.27. The van der Waals surface area contributed by atoms with Gasteiger partial charge in [0.05, 0.1) is 20.1 Å². The Morgan fingerprint density at radius 2 is 1.81 bits per heavy atom. The average molecular weight is 393 g/mol. The van der Waals surface area contributed by atoms with E-state index in [2.05, 4.69) is 5.32 Å². The van der Waals surface area contributed by atoms with E-state index in [-0.39, 0.29) is 12.4 Å². The van der Waals surface area contributed by atoms with Gasteiger partial charge in [-0.25, -0.2) is 0 Å². The highest BCUT2D eigenvalue weighted by Gasteiger charge is 2.15. The van der Waals surface area contributed by atoms with Crippen molar-refractivity contribution < 1.29 is 14.3 Å². The molecule has 5 nitrogen and oxygen atoms in total. The number of nitrogens with zero attached hydrogens (tertiary/aromatic N) is 1. The molecular weight excluding hydrogens is 372 g/mol. The van der Waals surface area contributed by atoms with Crippen LogP contribution in [0.2, 0.25) is 5.02 Å². The molecule has 0 saturated heterocycles. The zero-order valence-electron chi connectivity index (χ0n) is 14.7. The molecule has 2 aromatic carbocycles. The third-order valence-corrected chi connectivity index (χ3v) is 4.14. The summed E-state index contributed by atoms with van der Waals surface area (Å²) in [6.07, 6.45) is 0.225. The van der Waals surface area contributed by atoms with Crippen molar-refractivity contribution in [1.29, 1.82) is 0 Å². The van der Waals surface area contributed by atoms with E-state index < -0.39 is 0 Å². The quantitative estimate of drug-likeness (QED) is 0.552. The van der Waals surface area contributed by atoms with E-state index in [4.69, 9.17) is 33.3 Å². The van der Waals surface area contributed by atoms with Gasteiger partial charge in [0, 0.05) is 22.9 Å². The van der Waals surface area contributed by atoms with Crippen LogP contribution in [0.25, 0.3) is 0 Å². The molecule has 0 aliphatic heterocycles. The van der Waals surface area contributed by atoms with Crippen molar-refractivity contribution in [3.8, 4) is 5.75 Å². The smallest absolute Gasteiger partial charge is 0.307 e. The number of carbonyl (C=O) groups is 1. The van der Waals surface area contributed by atoms with Crippen LogP contribution in [0.1, 0.15) is 13.3 Å². The lowest BCUT2D eigenvalue weighted by molar-refractivity contribution is -0.142. The van der Waals surface area contributed by atoms with Gasteiger partial charge in [-0.15, -0.1) is 0 Å². The molecule has 26 heavy (non-hydrogen) atoms. The van der Waals surface area contributed by atoms with Crippen LogP contribution in [0.4, 0.5) is 11.4 Å². The van der Waals surface area contributed by atoms with Crippen molar-refractivity contribution in [3.63, 3.8) is 0 Å². The molecule has 0 radical (unpaired) electrons. The van der Waals surface area contributed by atoms with Gasteiger partial charge in [0.1, 0.15) is 5.75 Å². The minimum absolute atomic E-state index is 0.225. The zero-order valence-corrected chi connectivity index (χ0v) is 16.3. The molecule has 0 saturated carbocycles. The molecule has 1 N–H and O–H groups in total. The first-order chi connectivity index (χ1) is 12.5. The second-order valence-corrected chi connectivity index (χ2v) is 6.16. The number of esters is 1. The Labute approximate surface area is 163 Å². The van der Waals surface area contributed by atoms with E-state index in [1.54, 1.807) is 26.2 Å². The van der Waals surface area contributed by atoms with Gasteiger partial charge in [0.25, 0.3) is 0 Å². The van der Waals surface area contributed by atoms with Gasteiger partial charge in [-0.2, -0.15) is 0 Å². The molecule has 0 unspecified atom stereocenters. The summed E-state index contributed by atoms with van der Waals surface area (Å²) < 4.78 is 10.2. The highest BCUT2D eigenvalue weighted by molar-refractivity contribution is 7.80. The lowest BCUT2D eigenvalue weighted by atomic mass is 10.2. The van der Waals surface area contributed by atoms with E-state index in [0.717, 1.165) is 17.1 Å². The van der Waals surface area contributed by atoms with E-state index in [1.165, 1.54) is 0 Å². The number of hydrogen-bond acceptors (Lipinski definition) is 4. The Kier molecular flexibility index (Phi) is 7.69. The summed E-state index contributed by atoms with van der Waals surface area (Å²) in [6.45, 7) is 2.53. The molecule has 0 bridgehead atoms. The van der Waals surface area contributed by atoms with Crippen molar-refractivity contribution in [2.45, 2.75) is 13.3 Å². The number of anilines is 2. The minimum atomic E-state index is -0.264. The summed E-state index contributed by atoms with van der Waals surface area (Å²) in [5.41, 5.74) is 1.66. The monoisotopic (exact) mass is 392 g/mol. The summed E-state index contributed by atoms with van der Waals surface area (Å²) in [6, 6.07) is 14.7. The number of halogens is 1. The first-order valence-electron chi connectivity index (χ1n) is 8.17. The number of hydrogen-bond donors (Lipinski definition) is 1. The Bertz CT molecular complexity index is 735. The lowest BCUT2D eigenvalue weighted by Crippen LogP contribution is -2.36. The summed E-state index contributed by atoms with van der Waals surface area (Å²) in [5.74, 6) is 0.482. The Morgan fingerprint density at radius 3 is 2.38 bits per heavy atom. The molecule has 138 valence electrons. The fourth-order valence-corrected chi connectivity index (χ4v) is 2.71. The standard InChI is InChI=1S/C19H21ClN2O3S/c1-3-25-18(23)12-13-22(16-8-10-17(24-2)11-9-16)19(26)21-15-6-4-14(20)5-7-15/h4-11H,3,12-13H2,1-2H3,(H,21,26). The number of benzene rings is 2. The number of nitrogens with one attached hydrogen (secondary N) is 1. The molecule has 0 spiro atoms. The van der Waals surface area contributed by atoms with Crippen LogP contribution in [0.3, 0.4) is 0 Å². The van der Waals surface area contributed by atoms with Crippen LogP contribution in [-0.2, 0) is 9.53 Å². The molecule has 7 heteroatoms. The highest BCUT2D eigenvalue weighted by atomic mass is 35.5. The van der Waals surface area contributed by atoms with Crippen molar-refractivity contribution in [2.75, 3.05) is 30.5 Å². The van der Waals surface area contributed by atoms with E-state index in [1.807, 2.05) is 41.3 Å². The SMILES string of the molecule is CCOC(=O)CCN(C(=S)Nc1ccc(Cl)cc1)c1ccc(OC)cc1. The number of carbonyl (C=O) groups excluding carboxylic acids is 1. The second kappa shape index (κ2) is 9.99. The molecule has 0 heterocycles. The van der Waals surface area contributed by atoms with Crippen LogP contribution in [-0.4, -0.2) is 31.3 Å². The van der Waals surface area contributed by atoms with Crippen LogP contribution in [0.15, 0.2) is 48.5 Å². The molecule has 0 atom stereocenters. The minimum Gasteiger partial charge on any atom is -0.497 e. The number of rotatable bonds is 7. The van der Waals surface area contributed by atoms with Crippen molar-refractivity contribution >= 4 is 46.3 Å². The van der Waals surface area contributed by atoms with Crippen LogP contribution < -0.4 is 15.0 Å². The predicted molar refractivity (Wildman–Crippen MR) is 109 cm³/mol. The topological polar surface area (TPSA) is 50.8 Å². The molecule has 2 rings (SSSR count). The van der Waals surface area contributed by atoms with Gasteiger partial charge in [0.15, 0.2) is 5.11 Å². The third-order valence-electron chi connectivity index (χ3n) is 3.57. The maximum Gasteiger partial charge on any atom is 0.307 e. The van der Waals surface area contributed by atoms with Gasteiger partial charge >= 0.3 is 5.97 Å². The number of thiocarbonyl (C=S) groups is 1. The number of ether oxygens (including phenoxy) is 2. The van der Waals surface area contributed by atoms with Crippen molar-refractivity contribution in [3.05, 3.63) is 53.6 Å². The highest BCUT2D eigenvalue weighted by Crippen LogP contribution is 2.21. The number of methoxy groups -OCH3 is 1. The van der Waals surface area contributed by atoms with Crippen LogP contribution in [0, 0.1) is 0 Å². The first kappa shape index (κ1) is 20.0. The molecule has 0 aromatic heterocycles. The van der Waals surface area contributed by atoms with Crippen LogP contribution in [0.5, 0.6) is 5.75 Å². The van der Waals surface area contributed by atoms with Gasteiger partial charge in [-0.3, -0.25) is 4.79 Å². The predicted octanol–water partition coefficient (Wildman–Crippen LogP) is 4.51. The van der Waals surface area contributed by atoms with Gasteiger partial charge < -0.3 is 19.7 Å². The molecule has 0 aliphatic carbocycles. The summed E-state index contributed by atoms with van der Waals surface area (Å²) in [4.78, 5) is 13.6. The molecular formula is C19H21ClN2O3S. The molecule has 0 aliphatic rings. The Morgan fingerprint density at radius 1 is 1.15 bits per heavy atom. The summed E-state index contributed by atoms with van der Waals surface area (Å²) in [5, 5.41) is 4.29. The fraction of sp³-hybridized carbons (Fsp3) is 0.263. The molecule has 0 fully saturated rings. The zero-order chi connectivity index (χ0) is 18.9. The largest absolute Gasteiger partial charge is 0.497 e. The van der Waals surface area contributed by atoms with Crippen molar-refractivity contribution in [1.82, 2.24) is 0 Å². The van der Waals surface area contributed by atoms with Gasteiger partial charge in [0.2, 0.25) is 0 Å². The lowest BCUT2D eigenvalue weighted by Gasteiger charge is -2.26. The van der Waals surface area contributed by atoms with E-state index >= 15 is 0 Å². The van der Waals surface area contributed by atoms with Gasteiger partial charge in [-0.1, -0.05) is 11.6 Å². The summed E-state index contributed by atoms with van der Waals surface area (Å²) >= 11 is 11.5. The first-order valence-corrected chi connectivity index (χ1v) is 8.96. The van der Waals surface area contributed by atoms with E-state index in [0.29, 0.717) is 23.3 Å². The Balaban J connectivity index is 2.15. The maximum absolute atomic E-state index is 11.8. The molecule has 0 amide bonds. The Hall–Kier alpha value is -2.31. The van der Waals surface area contributed by atoms with Crippen molar-refractivity contribution in [2.24, 2.45) is 0 Å². The molecule has 2 aromatic rings. The van der Waals surface area contributed by atoms with Crippen LogP contribution >= 0.6 is 23.8 Å².